The van der Waals surface area contributed by atoms with Crippen LogP contribution >= 0.6 is 11.6 Å². The lowest BCUT2D eigenvalue weighted by Crippen LogP contribution is -2.27. The van der Waals surface area contributed by atoms with Gasteiger partial charge in [-0.05, 0) is 42.3 Å². The van der Waals surface area contributed by atoms with Crippen LogP contribution in [0.5, 0.6) is 0 Å². The summed E-state index contributed by atoms with van der Waals surface area (Å²) in [5.41, 5.74) is 3.20. The van der Waals surface area contributed by atoms with E-state index in [-0.39, 0.29) is 5.91 Å². The predicted molar refractivity (Wildman–Crippen MR) is 70.5 cm³/mol. The van der Waals surface area contributed by atoms with Gasteiger partial charge in [-0.25, -0.2) is 0 Å². The molecule has 0 bridgehead atoms. The smallest absolute Gasteiger partial charge is 0.250 e. The molecule has 90 valence electrons. The average molecular weight is 251 g/mol. The van der Waals surface area contributed by atoms with Crippen molar-refractivity contribution in [2.45, 2.75) is 13.0 Å². The van der Waals surface area contributed by atoms with E-state index in [0.29, 0.717) is 5.02 Å². The molecule has 1 N–H and O–H groups in total. The highest BCUT2D eigenvalue weighted by atomic mass is 35.5. The standard InChI is InChI=1S/C13H15ClN2O/c1-3-13(17)16(2)12-7-10-8-15-5-4-9(10)6-11(12)14/h3,6-7,15H,1,4-5,8H2,2H3. The molecule has 1 aliphatic heterocycles. The number of carbonyl (C=O) groups excluding carboxylic acids is 1. The van der Waals surface area contributed by atoms with Gasteiger partial charge < -0.3 is 10.2 Å². The Morgan fingerprint density at radius 1 is 1.53 bits per heavy atom. The predicted octanol–water partition coefficient (Wildman–Crippen LogP) is 2.13. The van der Waals surface area contributed by atoms with Crippen LogP contribution in [-0.4, -0.2) is 19.5 Å². The van der Waals surface area contributed by atoms with E-state index in [9.17, 15) is 4.79 Å². The molecule has 0 aromatic heterocycles. The fourth-order valence-corrected chi connectivity index (χ4v) is 2.32. The molecule has 1 aromatic carbocycles. The number of amides is 1. The fourth-order valence-electron chi connectivity index (χ4n) is 2.00. The number of fused-ring (bicyclic) bond motifs is 1. The third-order valence-corrected chi connectivity index (χ3v) is 3.32. The lowest BCUT2D eigenvalue weighted by Gasteiger charge is -2.22. The van der Waals surface area contributed by atoms with Crippen molar-refractivity contribution in [2.75, 3.05) is 18.5 Å². The van der Waals surface area contributed by atoms with Gasteiger partial charge in [0.15, 0.2) is 0 Å². The molecular formula is C13H15ClN2O. The second kappa shape index (κ2) is 4.90. The number of nitrogens with zero attached hydrogens (tertiary/aromatic N) is 1. The number of rotatable bonds is 2. The lowest BCUT2D eigenvalue weighted by atomic mass is 10.00. The maximum absolute atomic E-state index is 11.6. The van der Waals surface area contributed by atoms with E-state index >= 15 is 0 Å². The molecule has 0 saturated heterocycles. The Labute approximate surface area is 106 Å². The normalized spacial score (nSPS) is 14.0. The van der Waals surface area contributed by atoms with E-state index in [0.717, 1.165) is 25.2 Å². The zero-order valence-electron chi connectivity index (χ0n) is 9.79. The summed E-state index contributed by atoms with van der Waals surface area (Å²) in [4.78, 5) is 13.1. The molecule has 0 atom stereocenters. The monoisotopic (exact) mass is 250 g/mol. The van der Waals surface area contributed by atoms with Crippen LogP contribution in [0.1, 0.15) is 11.1 Å². The van der Waals surface area contributed by atoms with Crippen LogP contribution in [0.2, 0.25) is 5.02 Å². The molecule has 17 heavy (non-hydrogen) atoms. The minimum atomic E-state index is -0.157. The number of benzene rings is 1. The number of nitrogens with one attached hydrogen (secondary N) is 1. The van der Waals surface area contributed by atoms with Gasteiger partial charge in [0.05, 0.1) is 10.7 Å². The fraction of sp³-hybridized carbons (Fsp3) is 0.308. The molecule has 0 unspecified atom stereocenters. The van der Waals surface area contributed by atoms with Crippen molar-refractivity contribution in [1.82, 2.24) is 5.32 Å². The van der Waals surface area contributed by atoms with Crippen molar-refractivity contribution in [3.05, 3.63) is 40.9 Å². The Balaban J connectivity index is 2.41. The van der Waals surface area contributed by atoms with Gasteiger partial charge in [-0.2, -0.15) is 0 Å². The second-order valence-corrected chi connectivity index (χ2v) is 4.51. The average Bonchev–Trinajstić information content (AvgIpc) is 2.36. The van der Waals surface area contributed by atoms with Gasteiger partial charge in [-0.3, -0.25) is 4.79 Å². The Morgan fingerprint density at radius 2 is 2.29 bits per heavy atom. The highest BCUT2D eigenvalue weighted by Crippen LogP contribution is 2.30. The van der Waals surface area contributed by atoms with E-state index in [4.69, 9.17) is 11.6 Å². The maximum atomic E-state index is 11.6. The Morgan fingerprint density at radius 3 is 3.00 bits per heavy atom. The number of carbonyl (C=O) groups is 1. The topological polar surface area (TPSA) is 32.3 Å². The van der Waals surface area contributed by atoms with E-state index < -0.39 is 0 Å². The van der Waals surface area contributed by atoms with Gasteiger partial charge in [0.25, 0.3) is 0 Å². The maximum Gasteiger partial charge on any atom is 0.250 e. The number of hydrogen-bond acceptors (Lipinski definition) is 2. The van der Waals surface area contributed by atoms with E-state index in [1.54, 1.807) is 7.05 Å². The van der Waals surface area contributed by atoms with Crippen LogP contribution in [0, 0.1) is 0 Å². The largest absolute Gasteiger partial charge is 0.312 e. The SMILES string of the molecule is C=CC(=O)N(C)c1cc2c(cc1Cl)CCNC2. The quantitative estimate of drug-likeness (QED) is 0.816. The van der Waals surface area contributed by atoms with Gasteiger partial charge in [-0.15, -0.1) is 0 Å². The van der Waals surface area contributed by atoms with Crippen molar-refractivity contribution in [1.29, 1.82) is 0 Å². The van der Waals surface area contributed by atoms with Crippen LogP contribution in [0.3, 0.4) is 0 Å². The van der Waals surface area contributed by atoms with Crippen LogP contribution in [0.15, 0.2) is 24.8 Å². The number of likely N-dealkylation sites (N-methyl/N-ethyl adjacent to an activating group) is 1. The molecule has 0 saturated carbocycles. The molecular weight excluding hydrogens is 236 g/mol. The summed E-state index contributed by atoms with van der Waals surface area (Å²) in [6.45, 7) is 5.28. The molecule has 0 radical (unpaired) electrons. The van der Waals surface area contributed by atoms with Crippen molar-refractivity contribution >= 4 is 23.2 Å². The summed E-state index contributed by atoms with van der Waals surface area (Å²) in [5, 5.41) is 3.92. The van der Waals surface area contributed by atoms with Crippen LogP contribution in [-0.2, 0) is 17.8 Å². The minimum Gasteiger partial charge on any atom is -0.312 e. The molecule has 0 spiro atoms. The zero-order valence-corrected chi connectivity index (χ0v) is 10.5. The minimum absolute atomic E-state index is 0.157. The molecule has 0 fully saturated rings. The van der Waals surface area contributed by atoms with Gasteiger partial charge >= 0.3 is 0 Å². The molecule has 1 aromatic rings. The van der Waals surface area contributed by atoms with Crippen molar-refractivity contribution in [3.63, 3.8) is 0 Å². The highest BCUT2D eigenvalue weighted by Gasteiger charge is 2.16. The summed E-state index contributed by atoms with van der Waals surface area (Å²) < 4.78 is 0. The third-order valence-electron chi connectivity index (χ3n) is 3.02. The first-order chi connectivity index (χ1) is 8.13. The van der Waals surface area contributed by atoms with Crippen molar-refractivity contribution in [3.8, 4) is 0 Å². The van der Waals surface area contributed by atoms with Crippen molar-refractivity contribution < 1.29 is 4.79 Å². The molecule has 3 nitrogen and oxygen atoms in total. The first-order valence-corrected chi connectivity index (χ1v) is 5.93. The third kappa shape index (κ3) is 2.35. The number of hydrogen-bond donors (Lipinski definition) is 1. The summed E-state index contributed by atoms with van der Waals surface area (Å²) in [6.07, 6.45) is 2.27. The van der Waals surface area contributed by atoms with E-state index in [1.165, 1.54) is 22.1 Å². The van der Waals surface area contributed by atoms with Gasteiger partial charge in [0, 0.05) is 13.6 Å². The van der Waals surface area contributed by atoms with Crippen molar-refractivity contribution in [2.24, 2.45) is 0 Å². The highest BCUT2D eigenvalue weighted by molar-refractivity contribution is 6.34. The summed E-state index contributed by atoms with van der Waals surface area (Å²) in [6, 6.07) is 3.94. The Kier molecular flexibility index (Phi) is 3.50. The molecule has 4 heteroatoms. The summed E-state index contributed by atoms with van der Waals surface area (Å²) >= 11 is 6.21. The summed E-state index contributed by atoms with van der Waals surface area (Å²) in [7, 11) is 1.70. The van der Waals surface area contributed by atoms with Gasteiger partial charge in [0.1, 0.15) is 0 Å². The van der Waals surface area contributed by atoms with Gasteiger partial charge in [-0.1, -0.05) is 18.2 Å². The van der Waals surface area contributed by atoms with Gasteiger partial charge in [0.2, 0.25) is 5.91 Å². The number of anilines is 1. The first-order valence-electron chi connectivity index (χ1n) is 5.55. The molecule has 1 aliphatic rings. The zero-order chi connectivity index (χ0) is 12.4. The van der Waals surface area contributed by atoms with Crippen LogP contribution in [0.4, 0.5) is 5.69 Å². The first kappa shape index (κ1) is 12.1. The van der Waals surface area contributed by atoms with Crippen LogP contribution in [0.25, 0.3) is 0 Å². The van der Waals surface area contributed by atoms with E-state index in [1.807, 2.05) is 12.1 Å². The number of halogens is 1. The Bertz CT molecular complexity index is 471. The lowest BCUT2D eigenvalue weighted by molar-refractivity contribution is -0.113. The molecule has 2 rings (SSSR count). The van der Waals surface area contributed by atoms with Crippen LogP contribution < -0.4 is 10.2 Å². The van der Waals surface area contributed by atoms with E-state index in [2.05, 4.69) is 11.9 Å². The summed E-state index contributed by atoms with van der Waals surface area (Å²) in [5.74, 6) is -0.157. The Hall–Kier alpha value is -1.32. The molecule has 0 aliphatic carbocycles. The molecule has 1 heterocycles. The molecule has 1 amide bonds. The second-order valence-electron chi connectivity index (χ2n) is 4.10.